The Kier molecular flexibility index (Phi) is 7.10. The molecule has 1 aromatic carbocycles. The summed E-state index contributed by atoms with van der Waals surface area (Å²) in [6, 6.07) is 10.6. The van der Waals surface area contributed by atoms with Crippen LogP contribution in [-0.2, 0) is 0 Å². The summed E-state index contributed by atoms with van der Waals surface area (Å²) in [5.41, 5.74) is 0. The third-order valence-corrected chi connectivity index (χ3v) is 3.07. The molecule has 1 N–H and O–H groups in total. The lowest BCUT2D eigenvalue weighted by atomic mass is 10.2. The Hall–Kier alpha value is -0.670. The van der Waals surface area contributed by atoms with Crippen molar-refractivity contribution in [3.63, 3.8) is 0 Å². The summed E-state index contributed by atoms with van der Waals surface area (Å²) in [5.74, 6) is 2.10. The second kappa shape index (κ2) is 8.48. The third-order valence-electron chi connectivity index (χ3n) is 2.34. The Morgan fingerprint density at radius 1 is 1.31 bits per heavy atom. The molecule has 0 saturated carbocycles. The number of rotatable bonds is 8. The fourth-order valence-electron chi connectivity index (χ4n) is 1.57. The van der Waals surface area contributed by atoms with E-state index in [-0.39, 0.29) is 0 Å². The molecule has 0 aromatic heterocycles. The molecule has 0 bridgehead atoms. The number of nitrogens with one attached hydrogen (secondary N) is 1. The van der Waals surface area contributed by atoms with Gasteiger partial charge in [-0.25, -0.2) is 0 Å². The molecule has 2 nitrogen and oxygen atoms in total. The molecule has 3 heteroatoms. The second-order valence-electron chi connectivity index (χ2n) is 3.66. The molecule has 0 aliphatic heterocycles. The molecule has 0 radical (unpaired) electrons. The molecular weight excluding hydrogens is 218 g/mol. The van der Waals surface area contributed by atoms with Crippen LogP contribution in [0.15, 0.2) is 30.3 Å². The van der Waals surface area contributed by atoms with Gasteiger partial charge in [-0.3, -0.25) is 0 Å². The molecule has 0 fully saturated rings. The van der Waals surface area contributed by atoms with Crippen molar-refractivity contribution in [2.24, 2.45) is 0 Å². The zero-order valence-electron chi connectivity index (χ0n) is 10.1. The van der Waals surface area contributed by atoms with Gasteiger partial charge in [-0.1, -0.05) is 25.1 Å². The number of hydrogen-bond acceptors (Lipinski definition) is 3. The van der Waals surface area contributed by atoms with Crippen molar-refractivity contribution >= 4 is 11.8 Å². The largest absolute Gasteiger partial charge is 0.494 e. The highest BCUT2D eigenvalue weighted by Crippen LogP contribution is 2.09. The highest BCUT2D eigenvalue weighted by atomic mass is 32.2. The normalized spacial score (nSPS) is 12.4. The zero-order chi connectivity index (χ0) is 11.6. The standard InChI is InChI=1S/C13H21NOS/c1-3-14-12(11-16-2)9-10-15-13-7-5-4-6-8-13/h4-8,12,14H,3,9-11H2,1-2H3. The van der Waals surface area contributed by atoms with E-state index in [0.717, 1.165) is 31.1 Å². The van der Waals surface area contributed by atoms with Crippen LogP contribution >= 0.6 is 11.8 Å². The van der Waals surface area contributed by atoms with Crippen molar-refractivity contribution in [1.82, 2.24) is 5.32 Å². The van der Waals surface area contributed by atoms with Gasteiger partial charge in [0.15, 0.2) is 0 Å². The molecule has 0 aliphatic carbocycles. The fraction of sp³-hybridized carbons (Fsp3) is 0.538. The molecule has 1 rings (SSSR count). The van der Waals surface area contributed by atoms with Gasteiger partial charge >= 0.3 is 0 Å². The summed E-state index contributed by atoms with van der Waals surface area (Å²) in [5, 5.41) is 3.47. The first kappa shape index (κ1) is 13.4. The molecule has 0 amide bonds. The summed E-state index contributed by atoms with van der Waals surface area (Å²) in [7, 11) is 0. The molecule has 1 atom stereocenters. The Morgan fingerprint density at radius 3 is 2.69 bits per heavy atom. The molecule has 0 spiro atoms. The average Bonchev–Trinajstić information content (AvgIpc) is 2.31. The molecule has 0 aliphatic rings. The molecule has 1 unspecified atom stereocenters. The van der Waals surface area contributed by atoms with E-state index in [9.17, 15) is 0 Å². The van der Waals surface area contributed by atoms with Gasteiger partial charge < -0.3 is 10.1 Å². The third kappa shape index (κ3) is 5.42. The van der Waals surface area contributed by atoms with Crippen molar-refractivity contribution in [2.75, 3.05) is 25.2 Å². The minimum atomic E-state index is 0.559. The van der Waals surface area contributed by atoms with E-state index in [2.05, 4.69) is 18.5 Å². The van der Waals surface area contributed by atoms with Crippen LogP contribution in [0.3, 0.4) is 0 Å². The number of hydrogen-bond donors (Lipinski definition) is 1. The minimum Gasteiger partial charge on any atom is -0.494 e. The SMILES string of the molecule is CCNC(CCOc1ccccc1)CSC. The summed E-state index contributed by atoms with van der Waals surface area (Å²) in [6.45, 7) is 3.95. The van der Waals surface area contributed by atoms with Gasteiger partial charge in [0.05, 0.1) is 6.61 Å². The van der Waals surface area contributed by atoms with Gasteiger partial charge in [0.1, 0.15) is 5.75 Å². The van der Waals surface area contributed by atoms with Gasteiger partial charge in [-0.2, -0.15) is 11.8 Å². The van der Waals surface area contributed by atoms with E-state index in [1.54, 1.807) is 0 Å². The summed E-state index contributed by atoms with van der Waals surface area (Å²) < 4.78 is 5.68. The first-order valence-corrected chi connectivity index (χ1v) is 7.16. The van der Waals surface area contributed by atoms with Crippen LogP contribution in [0.2, 0.25) is 0 Å². The van der Waals surface area contributed by atoms with Crippen LogP contribution in [0, 0.1) is 0 Å². The highest BCUT2D eigenvalue weighted by molar-refractivity contribution is 7.98. The van der Waals surface area contributed by atoms with Crippen molar-refractivity contribution in [3.05, 3.63) is 30.3 Å². The lowest BCUT2D eigenvalue weighted by molar-refractivity contribution is 0.292. The van der Waals surface area contributed by atoms with E-state index in [1.165, 1.54) is 0 Å². The zero-order valence-corrected chi connectivity index (χ0v) is 10.9. The number of benzene rings is 1. The van der Waals surface area contributed by atoms with Crippen LogP contribution in [0.1, 0.15) is 13.3 Å². The number of para-hydroxylation sites is 1. The molecular formula is C13H21NOS. The van der Waals surface area contributed by atoms with E-state index in [0.29, 0.717) is 6.04 Å². The molecule has 0 saturated heterocycles. The van der Waals surface area contributed by atoms with Crippen molar-refractivity contribution in [2.45, 2.75) is 19.4 Å². The summed E-state index contributed by atoms with van der Waals surface area (Å²) in [4.78, 5) is 0. The van der Waals surface area contributed by atoms with Crippen LogP contribution < -0.4 is 10.1 Å². The first-order chi connectivity index (χ1) is 7.86. The quantitative estimate of drug-likeness (QED) is 0.754. The van der Waals surface area contributed by atoms with Gasteiger partial charge in [0, 0.05) is 11.8 Å². The van der Waals surface area contributed by atoms with Gasteiger partial charge in [-0.05, 0) is 31.4 Å². The number of thioether (sulfide) groups is 1. The van der Waals surface area contributed by atoms with Crippen LogP contribution in [0.25, 0.3) is 0 Å². The van der Waals surface area contributed by atoms with Crippen LogP contribution in [-0.4, -0.2) is 31.2 Å². The van der Waals surface area contributed by atoms with Gasteiger partial charge in [-0.15, -0.1) is 0 Å². The van der Waals surface area contributed by atoms with E-state index in [1.807, 2.05) is 42.1 Å². The van der Waals surface area contributed by atoms with E-state index < -0.39 is 0 Å². The lowest BCUT2D eigenvalue weighted by Crippen LogP contribution is -2.32. The van der Waals surface area contributed by atoms with Gasteiger partial charge in [0.25, 0.3) is 0 Å². The van der Waals surface area contributed by atoms with Crippen LogP contribution in [0.4, 0.5) is 0 Å². The highest BCUT2D eigenvalue weighted by Gasteiger charge is 2.06. The second-order valence-corrected chi connectivity index (χ2v) is 4.57. The summed E-state index contributed by atoms with van der Waals surface area (Å²) >= 11 is 1.88. The predicted molar refractivity (Wildman–Crippen MR) is 72.4 cm³/mol. The topological polar surface area (TPSA) is 21.3 Å². The Bertz CT molecular complexity index is 260. The Balaban J connectivity index is 2.22. The maximum Gasteiger partial charge on any atom is 0.119 e. The van der Waals surface area contributed by atoms with Crippen LogP contribution in [0.5, 0.6) is 5.75 Å². The minimum absolute atomic E-state index is 0.559. The maximum atomic E-state index is 5.68. The molecule has 0 heterocycles. The molecule has 90 valence electrons. The fourth-order valence-corrected chi connectivity index (χ4v) is 2.26. The Morgan fingerprint density at radius 2 is 2.06 bits per heavy atom. The molecule has 16 heavy (non-hydrogen) atoms. The van der Waals surface area contributed by atoms with Crippen molar-refractivity contribution in [3.8, 4) is 5.75 Å². The number of ether oxygens (including phenoxy) is 1. The lowest BCUT2D eigenvalue weighted by Gasteiger charge is -2.16. The van der Waals surface area contributed by atoms with Crippen molar-refractivity contribution in [1.29, 1.82) is 0 Å². The summed E-state index contributed by atoms with van der Waals surface area (Å²) in [6.07, 6.45) is 3.20. The van der Waals surface area contributed by atoms with E-state index in [4.69, 9.17) is 4.74 Å². The van der Waals surface area contributed by atoms with E-state index >= 15 is 0 Å². The maximum absolute atomic E-state index is 5.68. The first-order valence-electron chi connectivity index (χ1n) is 5.77. The molecule has 1 aromatic rings. The predicted octanol–water partition coefficient (Wildman–Crippen LogP) is 2.80. The monoisotopic (exact) mass is 239 g/mol. The Labute approximate surface area is 103 Å². The average molecular weight is 239 g/mol. The smallest absolute Gasteiger partial charge is 0.119 e. The van der Waals surface area contributed by atoms with Gasteiger partial charge in [0.2, 0.25) is 0 Å². The van der Waals surface area contributed by atoms with Crippen molar-refractivity contribution < 1.29 is 4.74 Å².